The number of ether oxygens (including phenoxy) is 1. The first kappa shape index (κ1) is 12.6. The van der Waals surface area contributed by atoms with Gasteiger partial charge in [-0.3, -0.25) is 4.68 Å². The van der Waals surface area contributed by atoms with Gasteiger partial charge in [0.05, 0.1) is 11.4 Å². The minimum absolute atomic E-state index is 0.0544. The summed E-state index contributed by atoms with van der Waals surface area (Å²) in [6.07, 6.45) is 0. The standard InChI is InChI=1S/C14H19N3O/c1-10-8-13(17(3)16-10)9-18-14-6-4-12(5-7-14)11(2)15/h4-8,11H,9,15H2,1-3H3/t11-/m0/s1. The van der Waals surface area contributed by atoms with Crippen LogP contribution in [0, 0.1) is 6.92 Å². The van der Waals surface area contributed by atoms with Crippen molar-refractivity contribution >= 4 is 0 Å². The highest BCUT2D eigenvalue weighted by Crippen LogP contribution is 2.17. The van der Waals surface area contributed by atoms with Crippen LogP contribution in [-0.2, 0) is 13.7 Å². The van der Waals surface area contributed by atoms with E-state index >= 15 is 0 Å². The van der Waals surface area contributed by atoms with Crippen molar-refractivity contribution < 1.29 is 4.74 Å². The molecule has 1 aromatic heterocycles. The molecule has 2 N–H and O–H groups in total. The van der Waals surface area contributed by atoms with Crippen molar-refractivity contribution in [3.63, 3.8) is 0 Å². The maximum Gasteiger partial charge on any atom is 0.130 e. The molecule has 0 aliphatic carbocycles. The topological polar surface area (TPSA) is 53.1 Å². The molecule has 0 amide bonds. The summed E-state index contributed by atoms with van der Waals surface area (Å²) < 4.78 is 7.56. The molecule has 1 heterocycles. The van der Waals surface area contributed by atoms with Gasteiger partial charge in [-0.25, -0.2) is 0 Å². The maximum atomic E-state index is 5.80. The van der Waals surface area contributed by atoms with E-state index < -0.39 is 0 Å². The molecule has 0 radical (unpaired) electrons. The quantitative estimate of drug-likeness (QED) is 0.899. The predicted molar refractivity (Wildman–Crippen MR) is 71.3 cm³/mol. The average Bonchev–Trinajstić information content (AvgIpc) is 2.66. The number of hydrogen-bond acceptors (Lipinski definition) is 3. The van der Waals surface area contributed by atoms with Gasteiger partial charge in [0, 0.05) is 13.1 Å². The lowest BCUT2D eigenvalue weighted by Crippen LogP contribution is -2.05. The monoisotopic (exact) mass is 245 g/mol. The molecule has 18 heavy (non-hydrogen) atoms. The first-order valence-corrected chi connectivity index (χ1v) is 6.04. The van der Waals surface area contributed by atoms with Crippen LogP contribution in [0.5, 0.6) is 5.75 Å². The normalized spacial score (nSPS) is 12.4. The van der Waals surface area contributed by atoms with Gasteiger partial charge < -0.3 is 10.5 Å². The zero-order valence-corrected chi connectivity index (χ0v) is 11.1. The van der Waals surface area contributed by atoms with Gasteiger partial charge in [0.25, 0.3) is 0 Å². The van der Waals surface area contributed by atoms with Crippen LogP contribution in [0.4, 0.5) is 0 Å². The van der Waals surface area contributed by atoms with Crippen LogP contribution < -0.4 is 10.5 Å². The van der Waals surface area contributed by atoms with E-state index in [0.29, 0.717) is 6.61 Å². The third kappa shape index (κ3) is 2.90. The van der Waals surface area contributed by atoms with Crippen molar-refractivity contribution in [3.8, 4) is 5.75 Å². The number of benzene rings is 1. The summed E-state index contributed by atoms with van der Waals surface area (Å²) in [6, 6.07) is 9.96. The summed E-state index contributed by atoms with van der Waals surface area (Å²) in [5.74, 6) is 0.846. The summed E-state index contributed by atoms with van der Waals surface area (Å²) in [5.41, 5.74) is 8.97. The molecule has 4 heteroatoms. The first-order chi connectivity index (χ1) is 8.56. The van der Waals surface area contributed by atoms with Gasteiger partial charge in [-0.15, -0.1) is 0 Å². The van der Waals surface area contributed by atoms with Gasteiger partial charge in [0.2, 0.25) is 0 Å². The lowest BCUT2D eigenvalue weighted by molar-refractivity contribution is 0.295. The van der Waals surface area contributed by atoms with Gasteiger partial charge in [-0.1, -0.05) is 12.1 Å². The van der Waals surface area contributed by atoms with E-state index in [4.69, 9.17) is 10.5 Å². The second-order valence-corrected chi connectivity index (χ2v) is 4.55. The van der Waals surface area contributed by atoms with Crippen molar-refractivity contribution in [3.05, 3.63) is 47.3 Å². The molecule has 0 saturated heterocycles. The van der Waals surface area contributed by atoms with Crippen molar-refractivity contribution in [2.24, 2.45) is 12.8 Å². The largest absolute Gasteiger partial charge is 0.487 e. The smallest absolute Gasteiger partial charge is 0.130 e. The fourth-order valence-corrected chi connectivity index (χ4v) is 1.82. The minimum atomic E-state index is 0.0544. The lowest BCUT2D eigenvalue weighted by atomic mass is 10.1. The van der Waals surface area contributed by atoms with Gasteiger partial charge in [-0.2, -0.15) is 5.10 Å². The third-order valence-corrected chi connectivity index (χ3v) is 2.89. The molecule has 0 unspecified atom stereocenters. The van der Waals surface area contributed by atoms with Crippen LogP contribution in [0.1, 0.15) is 29.9 Å². The van der Waals surface area contributed by atoms with Crippen molar-refractivity contribution in [2.45, 2.75) is 26.5 Å². The Morgan fingerprint density at radius 3 is 2.50 bits per heavy atom. The summed E-state index contributed by atoms with van der Waals surface area (Å²) in [4.78, 5) is 0. The van der Waals surface area contributed by atoms with Crippen LogP contribution in [0.3, 0.4) is 0 Å². The van der Waals surface area contributed by atoms with E-state index in [1.165, 1.54) is 0 Å². The molecule has 0 bridgehead atoms. The Kier molecular flexibility index (Phi) is 3.67. The van der Waals surface area contributed by atoms with E-state index in [1.54, 1.807) is 0 Å². The minimum Gasteiger partial charge on any atom is -0.487 e. The molecule has 0 aliphatic heterocycles. The van der Waals surface area contributed by atoms with Gasteiger partial charge >= 0.3 is 0 Å². The summed E-state index contributed by atoms with van der Waals surface area (Å²) in [6.45, 7) is 4.46. The number of rotatable bonds is 4. The third-order valence-electron chi connectivity index (χ3n) is 2.89. The van der Waals surface area contributed by atoms with Gasteiger partial charge in [0.1, 0.15) is 12.4 Å². The van der Waals surface area contributed by atoms with Crippen LogP contribution >= 0.6 is 0 Å². The highest BCUT2D eigenvalue weighted by atomic mass is 16.5. The van der Waals surface area contributed by atoms with E-state index in [2.05, 4.69) is 5.10 Å². The average molecular weight is 245 g/mol. The number of aryl methyl sites for hydroxylation is 2. The lowest BCUT2D eigenvalue weighted by Gasteiger charge is -2.09. The maximum absolute atomic E-state index is 5.80. The van der Waals surface area contributed by atoms with Crippen LogP contribution in [0.2, 0.25) is 0 Å². The molecule has 1 aromatic carbocycles. The Morgan fingerprint density at radius 2 is 2.00 bits per heavy atom. The highest BCUT2D eigenvalue weighted by molar-refractivity contribution is 5.28. The van der Waals surface area contributed by atoms with Crippen molar-refractivity contribution in [1.82, 2.24) is 9.78 Å². The Balaban J connectivity index is 2.00. The second-order valence-electron chi connectivity index (χ2n) is 4.55. The molecule has 0 fully saturated rings. The van der Waals surface area contributed by atoms with E-state index in [-0.39, 0.29) is 6.04 Å². The Hall–Kier alpha value is -1.81. The fourth-order valence-electron chi connectivity index (χ4n) is 1.82. The molecule has 0 aliphatic rings. The van der Waals surface area contributed by atoms with Crippen molar-refractivity contribution in [2.75, 3.05) is 0 Å². The van der Waals surface area contributed by atoms with E-state index in [0.717, 1.165) is 22.7 Å². The molecular formula is C14H19N3O. The van der Waals surface area contributed by atoms with Crippen LogP contribution in [-0.4, -0.2) is 9.78 Å². The number of nitrogens with zero attached hydrogens (tertiary/aromatic N) is 2. The van der Waals surface area contributed by atoms with Gasteiger partial charge in [-0.05, 0) is 37.6 Å². The molecular weight excluding hydrogens is 226 g/mol. The first-order valence-electron chi connectivity index (χ1n) is 6.04. The van der Waals surface area contributed by atoms with Crippen LogP contribution in [0.15, 0.2) is 30.3 Å². The van der Waals surface area contributed by atoms with E-state index in [9.17, 15) is 0 Å². The molecule has 96 valence electrons. The molecule has 0 spiro atoms. The Labute approximate surface area is 107 Å². The SMILES string of the molecule is Cc1cc(COc2ccc([C@H](C)N)cc2)n(C)n1. The fraction of sp³-hybridized carbons (Fsp3) is 0.357. The number of nitrogens with two attached hydrogens (primary N) is 1. The molecule has 4 nitrogen and oxygen atoms in total. The van der Waals surface area contributed by atoms with Crippen LogP contribution in [0.25, 0.3) is 0 Å². The summed E-state index contributed by atoms with van der Waals surface area (Å²) in [7, 11) is 1.92. The van der Waals surface area contributed by atoms with Gasteiger partial charge in [0.15, 0.2) is 0 Å². The molecule has 0 saturated carbocycles. The zero-order valence-electron chi connectivity index (χ0n) is 11.1. The Bertz CT molecular complexity index is 514. The molecule has 1 atom stereocenters. The summed E-state index contributed by atoms with van der Waals surface area (Å²) in [5, 5.41) is 4.28. The van der Waals surface area contributed by atoms with Crippen molar-refractivity contribution in [1.29, 1.82) is 0 Å². The number of aromatic nitrogens is 2. The second kappa shape index (κ2) is 5.23. The molecule has 2 aromatic rings. The van der Waals surface area contributed by atoms with E-state index in [1.807, 2.05) is 55.9 Å². The zero-order chi connectivity index (χ0) is 13.1. The molecule has 2 rings (SSSR count). The predicted octanol–water partition coefficient (Wildman–Crippen LogP) is 2.33. The highest BCUT2D eigenvalue weighted by Gasteiger charge is 2.04. The Morgan fingerprint density at radius 1 is 1.33 bits per heavy atom. The number of hydrogen-bond donors (Lipinski definition) is 1. The summed E-state index contributed by atoms with van der Waals surface area (Å²) >= 11 is 0.